The van der Waals surface area contributed by atoms with Gasteiger partial charge in [0.05, 0.1) is 0 Å². The number of amides is 2. The second-order valence-corrected chi connectivity index (χ2v) is 8.75. The summed E-state index contributed by atoms with van der Waals surface area (Å²) in [6.07, 6.45) is 13.9. The molecule has 0 bridgehead atoms. The van der Waals surface area contributed by atoms with Crippen LogP contribution in [0.25, 0.3) is 0 Å². The maximum Gasteiger partial charge on any atom is 0.220 e. The summed E-state index contributed by atoms with van der Waals surface area (Å²) >= 11 is 0. The van der Waals surface area contributed by atoms with Crippen molar-refractivity contribution in [3.63, 3.8) is 0 Å². The minimum absolute atomic E-state index is 0.158. The molecule has 2 amide bonds. The van der Waals surface area contributed by atoms with Gasteiger partial charge in [0.2, 0.25) is 11.8 Å². The van der Waals surface area contributed by atoms with Crippen molar-refractivity contribution in [2.24, 2.45) is 11.8 Å². The summed E-state index contributed by atoms with van der Waals surface area (Å²) in [6, 6.07) is 8.16. The molecule has 2 aliphatic carbocycles. The van der Waals surface area contributed by atoms with Gasteiger partial charge in [-0.1, -0.05) is 75.6 Å². The van der Waals surface area contributed by atoms with Gasteiger partial charge in [-0.15, -0.1) is 0 Å². The van der Waals surface area contributed by atoms with Gasteiger partial charge in [-0.2, -0.15) is 0 Å². The average molecular weight is 385 g/mol. The lowest BCUT2D eigenvalue weighted by Gasteiger charge is -2.10. The molecule has 0 radical (unpaired) electrons. The van der Waals surface area contributed by atoms with Crippen molar-refractivity contribution in [1.82, 2.24) is 10.6 Å². The number of nitrogens with one attached hydrogen (secondary N) is 2. The highest BCUT2D eigenvalue weighted by molar-refractivity contribution is 5.76. The Kier molecular flexibility index (Phi) is 8.38. The van der Waals surface area contributed by atoms with Crippen LogP contribution in [0, 0.1) is 11.8 Å². The zero-order valence-electron chi connectivity index (χ0n) is 17.2. The smallest absolute Gasteiger partial charge is 0.220 e. The first-order chi connectivity index (χ1) is 13.7. The minimum Gasteiger partial charge on any atom is -0.352 e. The molecule has 4 nitrogen and oxygen atoms in total. The fraction of sp³-hybridized carbons (Fsp3) is 0.667. The number of hydrogen-bond acceptors (Lipinski definition) is 2. The van der Waals surface area contributed by atoms with E-state index in [1.807, 2.05) is 24.3 Å². The number of carbonyl (C=O) groups excluding carboxylic acids is 2. The summed E-state index contributed by atoms with van der Waals surface area (Å²) in [5.74, 6) is 1.84. The van der Waals surface area contributed by atoms with Gasteiger partial charge in [0.15, 0.2) is 0 Å². The fourth-order valence-electron chi connectivity index (χ4n) is 4.62. The summed E-state index contributed by atoms with van der Waals surface area (Å²) in [5, 5.41) is 6.05. The van der Waals surface area contributed by atoms with E-state index in [4.69, 9.17) is 0 Å². The molecule has 0 aliphatic heterocycles. The van der Waals surface area contributed by atoms with Crippen molar-refractivity contribution in [1.29, 1.82) is 0 Å². The molecule has 2 saturated carbocycles. The Balaban J connectivity index is 1.29. The number of carbonyl (C=O) groups is 2. The third kappa shape index (κ3) is 7.29. The van der Waals surface area contributed by atoms with Crippen LogP contribution in [0.5, 0.6) is 0 Å². The van der Waals surface area contributed by atoms with Crippen LogP contribution < -0.4 is 10.6 Å². The van der Waals surface area contributed by atoms with Crippen LogP contribution in [0.1, 0.15) is 88.2 Å². The predicted molar refractivity (Wildman–Crippen MR) is 113 cm³/mol. The SMILES string of the molecule is O=C(CCC1CCCC1)NCc1ccc(CNC(=O)CCC2CCCC2)cc1. The largest absolute Gasteiger partial charge is 0.352 e. The summed E-state index contributed by atoms with van der Waals surface area (Å²) in [6.45, 7) is 1.16. The van der Waals surface area contributed by atoms with Crippen LogP contribution in [-0.4, -0.2) is 11.8 Å². The average Bonchev–Trinajstić information content (AvgIpc) is 3.42. The van der Waals surface area contributed by atoms with Crippen molar-refractivity contribution in [3.05, 3.63) is 35.4 Å². The molecule has 0 unspecified atom stereocenters. The molecule has 2 N–H and O–H groups in total. The molecule has 28 heavy (non-hydrogen) atoms. The summed E-state index contributed by atoms with van der Waals surface area (Å²) < 4.78 is 0. The Morgan fingerprint density at radius 3 is 1.39 bits per heavy atom. The highest BCUT2D eigenvalue weighted by Crippen LogP contribution is 2.29. The standard InChI is InChI=1S/C24H36N2O2/c27-23(15-13-19-5-1-2-6-19)25-17-21-9-11-22(12-10-21)18-26-24(28)16-14-20-7-3-4-8-20/h9-12,19-20H,1-8,13-18H2,(H,25,27)(H,26,28). The zero-order valence-corrected chi connectivity index (χ0v) is 17.2. The number of benzene rings is 1. The van der Waals surface area contributed by atoms with Crippen molar-refractivity contribution in [2.75, 3.05) is 0 Å². The highest BCUT2D eigenvalue weighted by Gasteiger charge is 2.17. The van der Waals surface area contributed by atoms with Crippen molar-refractivity contribution >= 4 is 11.8 Å². The van der Waals surface area contributed by atoms with Crippen LogP contribution in [0.15, 0.2) is 24.3 Å². The van der Waals surface area contributed by atoms with E-state index < -0.39 is 0 Å². The van der Waals surface area contributed by atoms with E-state index in [0.29, 0.717) is 25.9 Å². The van der Waals surface area contributed by atoms with Gasteiger partial charge >= 0.3 is 0 Å². The lowest BCUT2D eigenvalue weighted by atomic mass is 10.0. The second-order valence-electron chi connectivity index (χ2n) is 8.75. The Labute approximate surface area is 169 Å². The van der Waals surface area contributed by atoms with Crippen LogP contribution in [0.3, 0.4) is 0 Å². The van der Waals surface area contributed by atoms with Crippen molar-refractivity contribution in [2.45, 2.75) is 90.1 Å². The first-order valence-electron chi connectivity index (χ1n) is 11.3. The molecule has 154 valence electrons. The molecule has 0 atom stereocenters. The first kappa shape index (κ1) is 20.9. The van der Waals surface area contributed by atoms with Crippen molar-refractivity contribution < 1.29 is 9.59 Å². The van der Waals surface area contributed by atoms with Crippen LogP contribution in [-0.2, 0) is 22.7 Å². The molecule has 4 heteroatoms. The Bertz CT molecular complexity index is 559. The molecule has 1 aromatic carbocycles. The van der Waals surface area contributed by atoms with Gasteiger partial charge in [0.1, 0.15) is 0 Å². The third-order valence-electron chi connectivity index (χ3n) is 6.51. The summed E-state index contributed by atoms with van der Waals surface area (Å²) in [7, 11) is 0. The molecule has 3 rings (SSSR count). The Morgan fingerprint density at radius 2 is 1.04 bits per heavy atom. The quantitative estimate of drug-likeness (QED) is 0.605. The maximum absolute atomic E-state index is 12.0. The van der Waals surface area contributed by atoms with Gasteiger partial charge in [0.25, 0.3) is 0 Å². The van der Waals surface area contributed by atoms with E-state index in [2.05, 4.69) is 10.6 Å². The zero-order chi connectivity index (χ0) is 19.6. The molecule has 0 spiro atoms. The second kappa shape index (κ2) is 11.2. The van der Waals surface area contributed by atoms with E-state index >= 15 is 0 Å². The van der Waals surface area contributed by atoms with Gasteiger partial charge in [-0.25, -0.2) is 0 Å². The molecule has 0 saturated heterocycles. The monoisotopic (exact) mass is 384 g/mol. The Morgan fingerprint density at radius 1 is 0.679 bits per heavy atom. The van der Waals surface area contributed by atoms with E-state index in [1.54, 1.807) is 0 Å². The van der Waals surface area contributed by atoms with E-state index in [0.717, 1.165) is 35.8 Å². The lowest BCUT2D eigenvalue weighted by molar-refractivity contribution is -0.122. The molecular weight excluding hydrogens is 348 g/mol. The first-order valence-corrected chi connectivity index (χ1v) is 11.3. The molecule has 0 aromatic heterocycles. The molecule has 2 fully saturated rings. The van der Waals surface area contributed by atoms with E-state index in [1.165, 1.54) is 51.4 Å². The van der Waals surface area contributed by atoms with Gasteiger partial charge in [-0.05, 0) is 35.8 Å². The van der Waals surface area contributed by atoms with Crippen LogP contribution >= 0.6 is 0 Å². The number of hydrogen-bond donors (Lipinski definition) is 2. The molecule has 2 aliphatic rings. The third-order valence-corrected chi connectivity index (χ3v) is 6.51. The number of rotatable bonds is 10. The normalized spacial score (nSPS) is 17.7. The summed E-state index contributed by atoms with van der Waals surface area (Å²) in [5.41, 5.74) is 2.20. The Hall–Kier alpha value is -1.84. The molecule has 0 heterocycles. The predicted octanol–water partition coefficient (Wildman–Crippen LogP) is 4.86. The summed E-state index contributed by atoms with van der Waals surface area (Å²) in [4.78, 5) is 24.0. The van der Waals surface area contributed by atoms with Gasteiger partial charge in [-0.3, -0.25) is 9.59 Å². The minimum atomic E-state index is 0.158. The van der Waals surface area contributed by atoms with Gasteiger partial charge < -0.3 is 10.6 Å². The lowest BCUT2D eigenvalue weighted by Crippen LogP contribution is -2.23. The highest BCUT2D eigenvalue weighted by atomic mass is 16.2. The van der Waals surface area contributed by atoms with Crippen LogP contribution in [0.2, 0.25) is 0 Å². The van der Waals surface area contributed by atoms with Gasteiger partial charge in [0, 0.05) is 25.9 Å². The topological polar surface area (TPSA) is 58.2 Å². The van der Waals surface area contributed by atoms with Crippen molar-refractivity contribution in [3.8, 4) is 0 Å². The van der Waals surface area contributed by atoms with E-state index in [-0.39, 0.29) is 11.8 Å². The molecular formula is C24H36N2O2. The van der Waals surface area contributed by atoms with Crippen LogP contribution in [0.4, 0.5) is 0 Å². The maximum atomic E-state index is 12.0. The fourth-order valence-corrected chi connectivity index (χ4v) is 4.62. The molecule has 1 aromatic rings. The van der Waals surface area contributed by atoms with E-state index in [9.17, 15) is 9.59 Å².